The van der Waals surface area contributed by atoms with Gasteiger partial charge in [-0.1, -0.05) is 48.5 Å². The fraction of sp³-hybridized carbons (Fsp3) is 0.423. The summed E-state index contributed by atoms with van der Waals surface area (Å²) in [6, 6.07) is 16.3. The molecule has 2 aromatic carbocycles. The third kappa shape index (κ3) is 6.37. The Labute approximate surface area is 203 Å². The summed E-state index contributed by atoms with van der Waals surface area (Å²) >= 11 is 0. The van der Waals surface area contributed by atoms with Crippen molar-refractivity contribution in [3.8, 4) is 11.1 Å². The molecule has 9 nitrogen and oxygen atoms in total. The van der Waals surface area contributed by atoms with Gasteiger partial charge in [-0.05, 0) is 28.7 Å². The highest BCUT2D eigenvalue weighted by Crippen LogP contribution is 2.44. The van der Waals surface area contributed by atoms with E-state index in [4.69, 9.17) is 19.3 Å². The molecule has 1 aliphatic heterocycles. The molecule has 0 aromatic heterocycles. The van der Waals surface area contributed by atoms with Gasteiger partial charge < -0.3 is 30.0 Å². The maximum Gasteiger partial charge on any atom is 0.407 e. The van der Waals surface area contributed by atoms with Crippen LogP contribution >= 0.6 is 0 Å². The largest absolute Gasteiger partial charge is 0.481 e. The van der Waals surface area contributed by atoms with Crippen LogP contribution in [-0.4, -0.2) is 68.7 Å². The van der Waals surface area contributed by atoms with E-state index in [0.29, 0.717) is 13.0 Å². The highest BCUT2D eigenvalue weighted by atomic mass is 16.5. The first-order valence-corrected chi connectivity index (χ1v) is 11.8. The topological polar surface area (TPSA) is 123 Å². The molecule has 0 bridgehead atoms. The number of hydrogen-bond acceptors (Lipinski definition) is 6. The first-order valence-electron chi connectivity index (χ1n) is 11.8. The first-order chi connectivity index (χ1) is 17.0. The molecule has 2 aromatic rings. The second-order valence-corrected chi connectivity index (χ2v) is 8.64. The van der Waals surface area contributed by atoms with Gasteiger partial charge in [-0.15, -0.1) is 0 Å². The monoisotopic (exact) mass is 482 g/mol. The van der Waals surface area contributed by atoms with Crippen LogP contribution in [0, 0.1) is 5.92 Å². The molecule has 9 heteroatoms. The third-order valence-corrected chi connectivity index (χ3v) is 6.27. The van der Waals surface area contributed by atoms with Crippen LogP contribution < -0.4 is 10.6 Å². The van der Waals surface area contributed by atoms with Gasteiger partial charge >= 0.3 is 12.1 Å². The molecule has 2 amide bonds. The zero-order chi connectivity index (χ0) is 24.6. The van der Waals surface area contributed by atoms with Crippen molar-refractivity contribution >= 4 is 18.0 Å². The number of carbonyl (C=O) groups is 3. The maximum atomic E-state index is 12.3. The molecule has 186 valence electrons. The number of carbonyl (C=O) groups excluding carboxylic acids is 2. The Kier molecular flexibility index (Phi) is 8.33. The van der Waals surface area contributed by atoms with Gasteiger partial charge in [-0.3, -0.25) is 9.59 Å². The number of nitrogens with one attached hydrogen (secondary N) is 2. The number of rotatable bonds is 11. The van der Waals surface area contributed by atoms with Gasteiger partial charge in [0.15, 0.2) is 0 Å². The molecule has 0 unspecified atom stereocenters. The summed E-state index contributed by atoms with van der Waals surface area (Å²) < 4.78 is 16.3. The number of carboxylic acids is 1. The summed E-state index contributed by atoms with van der Waals surface area (Å²) in [5.41, 5.74) is 4.66. The van der Waals surface area contributed by atoms with E-state index in [1.54, 1.807) is 0 Å². The van der Waals surface area contributed by atoms with E-state index in [0.717, 1.165) is 11.1 Å². The van der Waals surface area contributed by atoms with E-state index in [2.05, 4.69) is 34.9 Å². The summed E-state index contributed by atoms with van der Waals surface area (Å²) in [4.78, 5) is 35.0. The molecule has 0 saturated carbocycles. The van der Waals surface area contributed by atoms with Crippen molar-refractivity contribution in [2.24, 2.45) is 5.92 Å². The highest BCUT2D eigenvalue weighted by molar-refractivity contribution is 5.79. The molecule has 1 heterocycles. The van der Waals surface area contributed by atoms with E-state index >= 15 is 0 Å². The van der Waals surface area contributed by atoms with Gasteiger partial charge in [0.25, 0.3) is 0 Å². The van der Waals surface area contributed by atoms with Crippen LogP contribution in [0.1, 0.15) is 29.9 Å². The number of fused-ring (bicyclic) bond motifs is 3. The minimum Gasteiger partial charge on any atom is -0.481 e. The Morgan fingerprint density at radius 2 is 1.66 bits per heavy atom. The molecule has 0 radical (unpaired) electrons. The van der Waals surface area contributed by atoms with E-state index < -0.39 is 12.1 Å². The molecule has 35 heavy (non-hydrogen) atoms. The van der Waals surface area contributed by atoms with E-state index in [-0.39, 0.29) is 63.2 Å². The van der Waals surface area contributed by atoms with Crippen molar-refractivity contribution < 1.29 is 33.7 Å². The minimum absolute atomic E-state index is 0.00272. The second kappa shape index (κ2) is 11.8. The summed E-state index contributed by atoms with van der Waals surface area (Å²) in [5, 5.41) is 14.1. The van der Waals surface area contributed by atoms with Gasteiger partial charge in [-0.25, -0.2) is 4.79 Å². The number of carboxylic acid groups (broad SMARTS) is 1. The average molecular weight is 483 g/mol. The predicted molar refractivity (Wildman–Crippen MR) is 127 cm³/mol. The molecule has 3 N–H and O–H groups in total. The molecular weight excluding hydrogens is 452 g/mol. The van der Waals surface area contributed by atoms with Crippen LogP contribution in [0.4, 0.5) is 4.79 Å². The number of ether oxygens (including phenoxy) is 3. The molecule has 1 saturated heterocycles. The minimum atomic E-state index is -0.921. The van der Waals surface area contributed by atoms with E-state index in [1.807, 2.05) is 24.3 Å². The standard InChI is InChI=1S/C26H30N2O7/c29-24(30)9-11-33-12-10-27-25(31)17-13-18(34-15-17)14-28-26(32)35-16-23-21-7-3-1-5-19(21)20-6-2-4-8-22(20)23/h1-8,17-18,23H,9-16H2,(H,27,31)(H,28,32)(H,29,30)/t17-,18-/m0/s1. The average Bonchev–Trinajstić information content (AvgIpc) is 3.46. The van der Waals surface area contributed by atoms with Crippen molar-refractivity contribution in [3.05, 3.63) is 59.7 Å². The van der Waals surface area contributed by atoms with Crippen LogP contribution in [0.25, 0.3) is 11.1 Å². The fourth-order valence-corrected chi connectivity index (χ4v) is 4.53. The Balaban J connectivity index is 1.15. The molecule has 2 atom stereocenters. The van der Waals surface area contributed by atoms with Crippen molar-refractivity contribution in [2.45, 2.75) is 24.9 Å². The lowest BCUT2D eigenvalue weighted by molar-refractivity contribution is -0.138. The molecular formula is C26H30N2O7. The number of hydrogen-bond donors (Lipinski definition) is 3. The normalized spacial score (nSPS) is 18.5. The van der Waals surface area contributed by atoms with Crippen molar-refractivity contribution in [2.75, 3.05) is 39.5 Å². The van der Waals surface area contributed by atoms with Crippen LogP contribution in [0.15, 0.2) is 48.5 Å². The van der Waals surface area contributed by atoms with Crippen molar-refractivity contribution in [1.29, 1.82) is 0 Å². The predicted octanol–water partition coefficient (Wildman–Crippen LogP) is 2.54. The smallest absolute Gasteiger partial charge is 0.407 e. The van der Waals surface area contributed by atoms with E-state index in [9.17, 15) is 14.4 Å². The van der Waals surface area contributed by atoms with E-state index in [1.165, 1.54) is 11.1 Å². The van der Waals surface area contributed by atoms with Crippen molar-refractivity contribution in [1.82, 2.24) is 10.6 Å². The number of alkyl carbamates (subject to hydrolysis) is 1. The van der Waals surface area contributed by atoms with Crippen LogP contribution in [-0.2, 0) is 23.8 Å². The Morgan fingerprint density at radius 1 is 0.971 bits per heavy atom. The summed E-state index contributed by atoms with van der Waals surface area (Å²) in [6.45, 7) is 1.45. The van der Waals surface area contributed by atoms with Gasteiger partial charge in [-0.2, -0.15) is 0 Å². The number of benzene rings is 2. The third-order valence-electron chi connectivity index (χ3n) is 6.27. The van der Waals surface area contributed by atoms with Crippen LogP contribution in [0.5, 0.6) is 0 Å². The summed E-state index contributed by atoms with van der Waals surface area (Å²) in [7, 11) is 0. The summed E-state index contributed by atoms with van der Waals surface area (Å²) in [6.07, 6.45) is -0.349. The molecule has 0 spiro atoms. The lowest BCUT2D eigenvalue weighted by Crippen LogP contribution is -2.35. The fourth-order valence-electron chi connectivity index (χ4n) is 4.53. The SMILES string of the molecule is O=C(O)CCOCCNC(=O)[C@@H]1CO[C@H](CNC(=O)OCC2c3ccccc3-c3ccccc32)C1. The Morgan fingerprint density at radius 3 is 2.34 bits per heavy atom. The second-order valence-electron chi connectivity index (χ2n) is 8.64. The first kappa shape index (κ1) is 24.7. The molecule has 1 aliphatic carbocycles. The maximum absolute atomic E-state index is 12.3. The molecule has 4 rings (SSSR count). The Hall–Kier alpha value is -3.43. The number of amides is 2. The molecule has 2 aliphatic rings. The zero-order valence-corrected chi connectivity index (χ0v) is 19.4. The van der Waals surface area contributed by atoms with Gasteiger partial charge in [0.05, 0.1) is 38.3 Å². The molecule has 1 fully saturated rings. The van der Waals surface area contributed by atoms with Gasteiger partial charge in [0.1, 0.15) is 6.61 Å². The zero-order valence-electron chi connectivity index (χ0n) is 19.4. The quantitative estimate of drug-likeness (QED) is 0.421. The lowest BCUT2D eigenvalue weighted by Gasteiger charge is -2.15. The van der Waals surface area contributed by atoms with Crippen LogP contribution in [0.3, 0.4) is 0 Å². The number of aliphatic carboxylic acids is 1. The van der Waals surface area contributed by atoms with Gasteiger partial charge in [0.2, 0.25) is 5.91 Å². The van der Waals surface area contributed by atoms with Gasteiger partial charge in [0, 0.05) is 19.0 Å². The van der Waals surface area contributed by atoms with Crippen LogP contribution in [0.2, 0.25) is 0 Å². The van der Waals surface area contributed by atoms with Crippen molar-refractivity contribution in [3.63, 3.8) is 0 Å². The summed E-state index contributed by atoms with van der Waals surface area (Å²) in [5.74, 6) is -1.37. The highest BCUT2D eigenvalue weighted by Gasteiger charge is 2.32. The lowest BCUT2D eigenvalue weighted by atomic mass is 9.98. The Bertz CT molecular complexity index is 1010.